The lowest BCUT2D eigenvalue weighted by molar-refractivity contribution is -0.00627. The predicted molar refractivity (Wildman–Crippen MR) is 41.0 cm³/mol. The molecule has 3 N–H and O–H groups in total. The number of hydrogen-bond acceptors (Lipinski definition) is 3. The van der Waals surface area contributed by atoms with Crippen LogP contribution in [0.3, 0.4) is 0 Å². The molecule has 11 heavy (non-hydrogen) atoms. The van der Waals surface area contributed by atoms with E-state index in [1.807, 2.05) is 6.92 Å². The van der Waals surface area contributed by atoms with Gasteiger partial charge in [-0.2, -0.15) is 0 Å². The second kappa shape index (κ2) is 3.52. The van der Waals surface area contributed by atoms with E-state index in [1.54, 1.807) is 0 Å². The van der Waals surface area contributed by atoms with Gasteiger partial charge in [0.05, 0.1) is 12.2 Å². The fourth-order valence-electron chi connectivity index (χ4n) is 1.82. The molecular weight excluding hydrogens is 144 g/mol. The van der Waals surface area contributed by atoms with Crippen LogP contribution >= 0.6 is 0 Å². The molecule has 0 spiro atoms. The average molecular weight is 160 g/mol. The molecule has 0 aromatic heterocycles. The van der Waals surface area contributed by atoms with Crippen LogP contribution in [0, 0.1) is 11.8 Å². The van der Waals surface area contributed by atoms with E-state index in [-0.39, 0.29) is 18.4 Å². The largest absolute Gasteiger partial charge is 0.396 e. The Morgan fingerprint density at radius 2 is 1.73 bits per heavy atom. The summed E-state index contributed by atoms with van der Waals surface area (Å²) in [7, 11) is 0. The third-order valence-electron chi connectivity index (χ3n) is 2.68. The molecule has 1 fully saturated rings. The lowest BCUT2D eigenvalue weighted by Gasteiger charge is -2.14. The molecule has 0 heterocycles. The Hall–Kier alpha value is -0.120. The number of aliphatic hydroxyl groups excluding tert-OH is 3. The highest BCUT2D eigenvalue weighted by Crippen LogP contribution is 2.33. The molecule has 1 rings (SSSR count). The third-order valence-corrected chi connectivity index (χ3v) is 2.68. The zero-order valence-electron chi connectivity index (χ0n) is 6.77. The monoisotopic (exact) mass is 160 g/mol. The second-order valence-corrected chi connectivity index (χ2v) is 3.33. The van der Waals surface area contributed by atoms with Gasteiger partial charge in [0.15, 0.2) is 0 Å². The molecule has 3 nitrogen and oxygen atoms in total. The van der Waals surface area contributed by atoms with E-state index >= 15 is 0 Å². The van der Waals surface area contributed by atoms with Crippen molar-refractivity contribution in [3.05, 3.63) is 0 Å². The van der Waals surface area contributed by atoms with Crippen molar-refractivity contribution >= 4 is 0 Å². The maximum atomic E-state index is 9.40. The molecule has 0 aromatic rings. The zero-order chi connectivity index (χ0) is 8.43. The first kappa shape index (κ1) is 8.97. The van der Waals surface area contributed by atoms with Crippen LogP contribution in [0.5, 0.6) is 0 Å². The van der Waals surface area contributed by atoms with Gasteiger partial charge in [-0.15, -0.1) is 0 Å². The average Bonchev–Trinajstić information content (AvgIpc) is 2.30. The molecule has 1 aliphatic rings. The SMILES string of the molecule is CC[C@H]1C[C@@H](CO)[C@H](O)[C@@H]1O. The van der Waals surface area contributed by atoms with Crippen molar-refractivity contribution in [3.63, 3.8) is 0 Å². The number of rotatable bonds is 2. The van der Waals surface area contributed by atoms with E-state index in [9.17, 15) is 10.2 Å². The molecule has 0 amide bonds. The highest BCUT2D eigenvalue weighted by Gasteiger charge is 2.39. The minimum Gasteiger partial charge on any atom is -0.396 e. The summed E-state index contributed by atoms with van der Waals surface area (Å²) >= 11 is 0. The summed E-state index contributed by atoms with van der Waals surface area (Å²) < 4.78 is 0. The van der Waals surface area contributed by atoms with Gasteiger partial charge in [0.2, 0.25) is 0 Å². The number of hydrogen-bond donors (Lipinski definition) is 3. The standard InChI is InChI=1S/C8H16O3/c1-2-5-3-6(4-9)8(11)7(5)10/h5-11H,2-4H2,1H3/t5-,6-,7+,8-/m0/s1. The van der Waals surface area contributed by atoms with Gasteiger partial charge in [-0.3, -0.25) is 0 Å². The lowest BCUT2D eigenvalue weighted by Crippen LogP contribution is -2.29. The lowest BCUT2D eigenvalue weighted by atomic mass is 10.0. The van der Waals surface area contributed by atoms with Crippen LogP contribution in [-0.2, 0) is 0 Å². The molecule has 0 bridgehead atoms. The van der Waals surface area contributed by atoms with Crippen molar-refractivity contribution < 1.29 is 15.3 Å². The van der Waals surface area contributed by atoms with E-state index in [4.69, 9.17) is 5.11 Å². The van der Waals surface area contributed by atoms with Crippen molar-refractivity contribution in [2.45, 2.75) is 32.0 Å². The van der Waals surface area contributed by atoms with Crippen molar-refractivity contribution in [2.75, 3.05) is 6.61 Å². The number of aliphatic hydroxyl groups is 3. The van der Waals surface area contributed by atoms with Crippen molar-refractivity contribution in [2.24, 2.45) is 11.8 Å². The summed E-state index contributed by atoms with van der Waals surface area (Å²) in [6.07, 6.45) is 0.270. The highest BCUT2D eigenvalue weighted by atomic mass is 16.3. The summed E-state index contributed by atoms with van der Waals surface area (Å²) in [6.45, 7) is 1.97. The Morgan fingerprint density at radius 1 is 1.18 bits per heavy atom. The topological polar surface area (TPSA) is 60.7 Å². The summed E-state index contributed by atoms with van der Waals surface area (Å²) in [5.74, 6) is 0.0529. The van der Waals surface area contributed by atoms with Gasteiger partial charge in [-0.05, 0) is 12.3 Å². The van der Waals surface area contributed by atoms with E-state index in [1.165, 1.54) is 0 Å². The normalized spacial score (nSPS) is 44.7. The fourth-order valence-corrected chi connectivity index (χ4v) is 1.82. The molecule has 0 saturated heterocycles. The van der Waals surface area contributed by atoms with E-state index in [0.29, 0.717) is 0 Å². The Kier molecular flexibility index (Phi) is 2.87. The third kappa shape index (κ3) is 1.55. The van der Waals surface area contributed by atoms with E-state index in [2.05, 4.69) is 0 Å². The minimum absolute atomic E-state index is 0.0191. The maximum absolute atomic E-state index is 9.40. The van der Waals surface area contributed by atoms with Gasteiger partial charge in [-0.25, -0.2) is 0 Å². The maximum Gasteiger partial charge on any atom is 0.0851 e. The van der Waals surface area contributed by atoms with Crippen LogP contribution in [0.4, 0.5) is 0 Å². The van der Waals surface area contributed by atoms with Crippen LogP contribution in [0.1, 0.15) is 19.8 Å². The molecule has 3 heteroatoms. The van der Waals surface area contributed by atoms with Crippen LogP contribution in [-0.4, -0.2) is 34.1 Å². The van der Waals surface area contributed by atoms with Gasteiger partial charge in [0, 0.05) is 12.5 Å². The predicted octanol–water partition coefficient (Wildman–Crippen LogP) is -0.253. The molecule has 0 unspecified atom stereocenters. The Labute approximate surface area is 66.7 Å². The quantitative estimate of drug-likeness (QED) is 0.522. The zero-order valence-corrected chi connectivity index (χ0v) is 6.77. The van der Waals surface area contributed by atoms with Crippen molar-refractivity contribution in [3.8, 4) is 0 Å². The summed E-state index contributed by atoms with van der Waals surface area (Å²) in [6, 6.07) is 0. The van der Waals surface area contributed by atoms with Crippen LogP contribution in [0.2, 0.25) is 0 Å². The van der Waals surface area contributed by atoms with Gasteiger partial charge in [0.25, 0.3) is 0 Å². The van der Waals surface area contributed by atoms with E-state index < -0.39 is 12.2 Å². The summed E-state index contributed by atoms with van der Waals surface area (Å²) in [5.41, 5.74) is 0. The summed E-state index contributed by atoms with van der Waals surface area (Å²) in [5, 5.41) is 27.5. The minimum atomic E-state index is -0.718. The molecule has 66 valence electrons. The second-order valence-electron chi connectivity index (χ2n) is 3.33. The highest BCUT2D eigenvalue weighted by molar-refractivity contribution is 4.89. The van der Waals surface area contributed by atoms with Crippen LogP contribution in [0.25, 0.3) is 0 Å². The molecule has 1 saturated carbocycles. The molecular formula is C8H16O3. The Bertz CT molecular complexity index is 109. The van der Waals surface area contributed by atoms with Gasteiger partial charge in [0.1, 0.15) is 0 Å². The molecule has 0 aliphatic heterocycles. The van der Waals surface area contributed by atoms with Gasteiger partial charge in [-0.1, -0.05) is 13.3 Å². The first-order valence-corrected chi connectivity index (χ1v) is 4.17. The first-order chi connectivity index (χ1) is 5.20. The van der Waals surface area contributed by atoms with E-state index in [0.717, 1.165) is 12.8 Å². The van der Waals surface area contributed by atoms with Crippen LogP contribution < -0.4 is 0 Å². The van der Waals surface area contributed by atoms with Crippen LogP contribution in [0.15, 0.2) is 0 Å². The molecule has 0 radical (unpaired) electrons. The molecule has 0 aromatic carbocycles. The Morgan fingerprint density at radius 3 is 2.00 bits per heavy atom. The molecule has 4 atom stereocenters. The van der Waals surface area contributed by atoms with Gasteiger partial charge < -0.3 is 15.3 Å². The van der Waals surface area contributed by atoms with Crippen molar-refractivity contribution in [1.82, 2.24) is 0 Å². The van der Waals surface area contributed by atoms with Gasteiger partial charge >= 0.3 is 0 Å². The fraction of sp³-hybridized carbons (Fsp3) is 1.00. The summed E-state index contributed by atoms with van der Waals surface area (Å²) in [4.78, 5) is 0. The molecule has 1 aliphatic carbocycles. The first-order valence-electron chi connectivity index (χ1n) is 4.17. The smallest absolute Gasteiger partial charge is 0.0851 e. The van der Waals surface area contributed by atoms with Crippen molar-refractivity contribution in [1.29, 1.82) is 0 Å². The Balaban J connectivity index is 2.53.